The SMILES string of the molecule is CC/C=C\[N-]C1CCCCC1.[Li+]. The summed E-state index contributed by atoms with van der Waals surface area (Å²) in [4.78, 5) is 0. The smallest absolute Gasteiger partial charge is 0.688 e. The van der Waals surface area contributed by atoms with Gasteiger partial charge in [-0.05, 0) is 6.42 Å². The normalized spacial score (nSPS) is 19.1. The molecule has 12 heavy (non-hydrogen) atoms. The Labute approximate surface area is 88.2 Å². The molecule has 0 atom stereocenters. The van der Waals surface area contributed by atoms with Crippen molar-refractivity contribution in [1.82, 2.24) is 0 Å². The molecule has 1 nitrogen and oxygen atoms in total. The van der Waals surface area contributed by atoms with Crippen molar-refractivity contribution in [2.45, 2.75) is 51.5 Å². The van der Waals surface area contributed by atoms with Crippen molar-refractivity contribution in [3.8, 4) is 0 Å². The van der Waals surface area contributed by atoms with Crippen LogP contribution in [0.1, 0.15) is 45.4 Å². The van der Waals surface area contributed by atoms with Crippen molar-refractivity contribution in [3.63, 3.8) is 0 Å². The third-order valence-corrected chi connectivity index (χ3v) is 2.21. The molecule has 0 aromatic rings. The quantitative estimate of drug-likeness (QED) is 0.536. The molecule has 1 aliphatic rings. The fourth-order valence-corrected chi connectivity index (χ4v) is 1.52. The zero-order valence-corrected chi connectivity index (χ0v) is 8.42. The summed E-state index contributed by atoms with van der Waals surface area (Å²) >= 11 is 0. The van der Waals surface area contributed by atoms with E-state index < -0.39 is 0 Å². The minimum atomic E-state index is 0. The Bertz CT molecular complexity index is 117. The van der Waals surface area contributed by atoms with Gasteiger partial charge in [0.15, 0.2) is 0 Å². The van der Waals surface area contributed by atoms with E-state index in [-0.39, 0.29) is 18.9 Å². The summed E-state index contributed by atoms with van der Waals surface area (Å²) < 4.78 is 0. The van der Waals surface area contributed by atoms with Crippen LogP contribution in [-0.2, 0) is 0 Å². The van der Waals surface area contributed by atoms with Crippen LogP contribution in [-0.4, -0.2) is 6.04 Å². The average Bonchev–Trinajstić information content (AvgIpc) is 2.07. The Morgan fingerprint density at radius 2 is 1.92 bits per heavy atom. The van der Waals surface area contributed by atoms with Crippen LogP contribution in [0.2, 0.25) is 0 Å². The average molecular weight is 159 g/mol. The number of nitrogens with zero attached hydrogens (tertiary/aromatic N) is 1. The first-order valence-corrected chi connectivity index (χ1v) is 4.78. The van der Waals surface area contributed by atoms with Gasteiger partial charge >= 0.3 is 18.9 Å². The first kappa shape index (κ1) is 12.1. The fourth-order valence-electron chi connectivity index (χ4n) is 1.52. The van der Waals surface area contributed by atoms with Crippen LogP contribution in [0.5, 0.6) is 0 Å². The Balaban J connectivity index is 0.00000121. The van der Waals surface area contributed by atoms with Crippen LogP contribution in [0.15, 0.2) is 12.3 Å². The minimum absolute atomic E-state index is 0. The van der Waals surface area contributed by atoms with Gasteiger partial charge in [0, 0.05) is 0 Å². The largest absolute Gasteiger partial charge is 1.00 e. The second-order valence-corrected chi connectivity index (χ2v) is 3.23. The minimum Gasteiger partial charge on any atom is -0.688 e. The van der Waals surface area contributed by atoms with E-state index in [0.29, 0.717) is 6.04 Å². The van der Waals surface area contributed by atoms with Crippen LogP contribution in [0, 0.1) is 0 Å². The molecule has 0 saturated heterocycles. The molecule has 1 fully saturated rings. The van der Waals surface area contributed by atoms with Crippen molar-refractivity contribution in [2.75, 3.05) is 0 Å². The topological polar surface area (TPSA) is 14.1 Å². The maximum absolute atomic E-state index is 4.49. The van der Waals surface area contributed by atoms with Crippen molar-refractivity contribution < 1.29 is 18.9 Å². The molecule has 0 radical (unpaired) electrons. The Hall–Kier alpha value is 0.137. The molecule has 1 saturated carbocycles. The molecule has 0 aromatic carbocycles. The number of hydrogen-bond donors (Lipinski definition) is 0. The van der Waals surface area contributed by atoms with Gasteiger partial charge in [0.2, 0.25) is 0 Å². The zero-order chi connectivity index (χ0) is 7.94. The van der Waals surface area contributed by atoms with Gasteiger partial charge < -0.3 is 5.32 Å². The van der Waals surface area contributed by atoms with Gasteiger partial charge in [-0.3, -0.25) is 0 Å². The summed E-state index contributed by atoms with van der Waals surface area (Å²) in [6.07, 6.45) is 12.1. The van der Waals surface area contributed by atoms with E-state index in [4.69, 9.17) is 0 Å². The summed E-state index contributed by atoms with van der Waals surface area (Å²) in [6, 6.07) is 0.645. The molecule has 1 aliphatic carbocycles. The predicted molar refractivity (Wildman–Crippen MR) is 49.7 cm³/mol. The van der Waals surface area contributed by atoms with E-state index >= 15 is 0 Å². The van der Waals surface area contributed by atoms with Crippen molar-refractivity contribution in [1.29, 1.82) is 0 Å². The standard InChI is InChI=1S/C10H18N.Li/c1-2-3-9-11-10-7-5-4-6-8-10;/h3,9-10H,2,4-8H2,1H3;/q-1;+1/b9-3-;. The molecule has 0 amide bonds. The van der Waals surface area contributed by atoms with Crippen molar-refractivity contribution in [3.05, 3.63) is 17.6 Å². The van der Waals surface area contributed by atoms with Crippen LogP contribution >= 0.6 is 0 Å². The van der Waals surface area contributed by atoms with E-state index in [0.717, 1.165) is 6.42 Å². The van der Waals surface area contributed by atoms with Gasteiger partial charge in [-0.1, -0.05) is 39.0 Å². The molecule has 0 bridgehead atoms. The number of rotatable bonds is 3. The molecule has 0 aromatic heterocycles. The molecule has 1 rings (SSSR count). The maximum atomic E-state index is 4.49. The number of allylic oxidation sites excluding steroid dienone is 1. The summed E-state index contributed by atoms with van der Waals surface area (Å²) in [5.74, 6) is 0. The van der Waals surface area contributed by atoms with Gasteiger partial charge in [-0.25, -0.2) is 0 Å². The molecule has 0 spiro atoms. The van der Waals surface area contributed by atoms with Crippen molar-refractivity contribution in [2.24, 2.45) is 0 Å². The van der Waals surface area contributed by atoms with Gasteiger partial charge in [0.1, 0.15) is 0 Å². The maximum Gasteiger partial charge on any atom is 1.00 e. The monoisotopic (exact) mass is 159 g/mol. The molecular formula is C10H18LiN. The summed E-state index contributed by atoms with van der Waals surface area (Å²) in [5, 5.41) is 4.49. The first-order chi connectivity index (χ1) is 5.43. The fraction of sp³-hybridized carbons (Fsp3) is 0.800. The summed E-state index contributed by atoms with van der Waals surface area (Å²) in [5.41, 5.74) is 0. The van der Waals surface area contributed by atoms with Gasteiger partial charge in [0.05, 0.1) is 0 Å². The summed E-state index contributed by atoms with van der Waals surface area (Å²) in [6.45, 7) is 2.15. The molecule has 0 aliphatic heterocycles. The van der Waals surface area contributed by atoms with E-state index in [1.54, 1.807) is 0 Å². The Kier molecular flexibility index (Phi) is 7.86. The van der Waals surface area contributed by atoms with E-state index in [1.165, 1.54) is 32.1 Å². The van der Waals surface area contributed by atoms with Gasteiger partial charge in [0.25, 0.3) is 0 Å². The van der Waals surface area contributed by atoms with Gasteiger partial charge in [-0.2, -0.15) is 6.20 Å². The molecule has 0 unspecified atom stereocenters. The van der Waals surface area contributed by atoms with Crippen LogP contribution in [0.25, 0.3) is 5.32 Å². The second-order valence-electron chi connectivity index (χ2n) is 3.23. The van der Waals surface area contributed by atoms with E-state index in [1.807, 2.05) is 6.20 Å². The predicted octanol–water partition coefficient (Wildman–Crippen LogP) is 0.620. The van der Waals surface area contributed by atoms with Gasteiger partial charge in [-0.15, -0.1) is 12.1 Å². The first-order valence-electron chi connectivity index (χ1n) is 4.78. The Morgan fingerprint density at radius 1 is 1.25 bits per heavy atom. The van der Waals surface area contributed by atoms with Crippen molar-refractivity contribution >= 4 is 0 Å². The second kappa shape index (κ2) is 7.77. The number of hydrogen-bond acceptors (Lipinski definition) is 0. The van der Waals surface area contributed by atoms with Crippen LogP contribution in [0.3, 0.4) is 0 Å². The third kappa shape index (κ3) is 4.90. The molecular weight excluding hydrogens is 141 g/mol. The molecule has 0 N–H and O–H groups in total. The van der Waals surface area contributed by atoms with Crippen LogP contribution < -0.4 is 18.9 Å². The molecule has 2 heteroatoms. The van der Waals surface area contributed by atoms with E-state index in [9.17, 15) is 0 Å². The Morgan fingerprint density at radius 3 is 2.50 bits per heavy atom. The summed E-state index contributed by atoms with van der Waals surface area (Å²) in [7, 11) is 0. The third-order valence-electron chi connectivity index (χ3n) is 2.21. The van der Waals surface area contributed by atoms with Crippen LogP contribution in [0.4, 0.5) is 0 Å². The zero-order valence-electron chi connectivity index (χ0n) is 8.42. The molecule has 64 valence electrons. The molecule has 0 heterocycles. The van der Waals surface area contributed by atoms with E-state index in [2.05, 4.69) is 18.3 Å².